The lowest BCUT2D eigenvalue weighted by Gasteiger charge is -2.29. The third-order valence-electron chi connectivity index (χ3n) is 3.37. The molecule has 4 heteroatoms. The monoisotopic (exact) mass is 260 g/mol. The second-order valence-corrected chi connectivity index (χ2v) is 4.70. The molecule has 0 saturated heterocycles. The van der Waals surface area contributed by atoms with E-state index in [-0.39, 0.29) is 6.09 Å². The van der Waals surface area contributed by atoms with Crippen LogP contribution in [0.4, 0.5) is 4.79 Å². The van der Waals surface area contributed by atoms with Gasteiger partial charge in [0, 0.05) is 12.2 Å². The highest BCUT2D eigenvalue weighted by molar-refractivity contribution is 5.70. The number of nitrogens with zero attached hydrogens (tertiary/aromatic N) is 1. The Morgan fingerprint density at radius 2 is 2.11 bits per heavy atom. The van der Waals surface area contributed by atoms with Crippen molar-refractivity contribution in [3.63, 3.8) is 0 Å². The first-order valence-corrected chi connectivity index (χ1v) is 6.51. The molecule has 0 saturated carbocycles. The third-order valence-corrected chi connectivity index (χ3v) is 3.37. The Bertz CT molecular complexity index is 468. The highest BCUT2D eigenvalue weighted by atomic mass is 16.5. The van der Waals surface area contributed by atoms with Crippen LogP contribution in [-0.4, -0.2) is 31.2 Å². The Hall–Kier alpha value is -1.81. The number of benzene rings is 1. The smallest absolute Gasteiger partial charge is 0.414 e. The largest absolute Gasteiger partial charge is 0.452 e. The summed E-state index contributed by atoms with van der Waals surface area (Å²) in [5.74, 6) is 0. The number of nitrogens with one attached hydrogen (secondary N) is 1. The summed E-state index contributed by atoms with van der Waals surface area (Å²) >= 11 is 0. The first kappa shape index (κ1) is 13.6. The standard InChI is InChI=1S/C15H20N2O2/c1-12-8-9-16-10-14(12)17(15(18)19-2)11-13-6-4-3-5-7-13/h3-7,16H,8-11H2,1-2H3. The normalized spacial score (nSPS) is 15.3. The molecule has 0 unspecified atom stereocenters. The van der Waals surface area contributed by atoms with Gasteiger partial charge in [-0.15, -0.1) is 0 Å². The van der Waals surface area contributed by atoms with Crippen LogP contribution in [-0.2, 0) is 11.3 Å². The second kappa shape index (κ2) is 6.38. The van der Waals surface area contributed by atoms with Gasteiger partial charge in [-0.05, 0) is 25.5 Å². The highest BCUT2D eigenvalue weighted by Crippen LogP contribution is 2.19. The molecule has 4 nitrogen and oxygen atoms in total. The van der Waals surface area contributed by atoms with Gasteiger partial charge in [-0.2, -0.15) is 0 Å². The molecule has 1 N–H and O–H groups in total. The summed E-state index contributed by atoms with van der Waals surface area (Å²) in [6.07, 6.45) is 0.666. The van der Waals surface area contributed by atoms with Crippen LogP contribution in [0.25, 0.3) is 0 Å². The number of hydrogen-bond acceptors (Lipinski definition) is 3. The fourth-order valence-electron chi connectivity index (χ4n) is 2.25. The maximum atomic E-state index is 12.0. The third kappa shape index (κ3) is 3.35. The van der Waals surface area contributed by atoms with Crippen molar-refractivity contribution in [2.45, 2.75) is 19.9 Å². The van der Waals surface area contributed by atoms with Gasteiger partial charge in [-0.3, -0.25) is 4.90 Å². The molecular weight excluding hydrogens is 240 g/mol. The van der Waals surface area contributed by atoms with E-state index in [1.165, 1.54) is 12.7 Å². The van der Waals surface area contributed by atoms with Crippen molar-refractivity contribution in [3.8, 4) is 0 Å². The second-order valence-electron chi connectivity index (χ2n) is 4.70. The van der Waals surface area contributed by atoms with Crippen LogP contribution in [0.3, 0.4) is 0 Å². The Morgan fingerprint density at radius 1 is 1.37 bits per heavy atom. The minimum atomic E-state index is -0.304. The van der Waals surface area contributed by atoms with E-state index >= 15 is 0 Å². The van der Waals surface area contributed by atoms with E-state index in [4.69, 9.17) is 4.74 Å². The number of carbonyl (C=O) groups is 1. The quantitative estimate of drug-likeness (QED) is 0.908. The molecular formula is C15H20N2O2. The van der Waals surface area contributed by atoms with Gasteiger partial charge >= 0.3 is 6.09 Å². The maximum absolute atomic E-state index is 12.0. The molecule has 1 aromatic rings. The molecule has 1 aromatic carbocycles. The highest BCUT2D eigenvalue weighted by Gasteiger charge is 2.22. The zero-order valence-corrected chi connectivity index (χ0v) is 11.5. The van der Waals surface area contributed by atoms with Gasteiger partial charge in [0.1, 0.15) is 0 Å². The lowest BCUT2D eigenvalue weighted by molar-refractivity contribution is 0.131. The molecule has 2 rings (SSSR count). The number of hydrogen-bond donors (Lipinski definition) is 1. The number of carbonyl (C=O) groups excluding carboxylic acids is 1. The minimum Gasteiger partial charge on any atom is -0.452 e. The van der Waals surface area contributed by atoms with Crippen LogP contribution in [0.5, 0.6) is 0 Å². The molecule has 1 aliphatic rings. The van der Waals surface area contributed by atoms with Crippen LogP contribution >= 0.6 is 0 Å². The van der Waals surface area contributed by atoms with Crippen molar-refractivity contribution in [2.24, 2.45) is 0 Å². The van der Waals surface area contributed by atoms with Gasteiger partial charge in [0.15, 0.2) is 0 Å². The Kier molecular flexibility index (Phi) is 4.58. The Morgan fingerprint density at radius 3 is 2.74 bits per heavy atom. The lowest BCUT2D eigenvalue weighted by Crippen LogP contribution is -2.38. The summed E-state index contributed by atoms with van der Waals surface area (Å²) in [6, 6.07) is 9.96. The van der Waals surface area contributed by atoms with E-state index in [2.05, 4.69) is 12.2 Å². The van der Waals surface area contributed by atoms with Crippen molar-refractivity contribution in [2.75, 3.05) is 20.2 Å². The molecule has 0 spiro atoms. The van der Waals surface area contributed by atoms with Crippen molar-refractivity contribution < 1.29 is 9.53 Å². The average molecular weight is 260 g/mol. The van der Waals surface area contributed by atoms with Crippen LogP contribution in [0.2, 0.25) is 0 Å². The minimum absolute atomic E-state index is 0.304. The van der Waals surface area contributed by atoms with Crippen LogP contribution in [0.15, 0.2) is 41.6 Å². The molecule has 102 valence electrons. The van der Waals surface area contributed by atoms with Gasteiger partial charge in [0.05, 0.1) is 13.7 Å². The average Bonchev–Trinajstić information content (AvgIpc) is 2.46. The van der Waals surface area contributed by atoms with E-state index in [1.54, 1.807) is 4.90 Å². The molecule has 0 aliphatic carbocycles. The number of amides is 1. The van der Waals surface area contributed by atoms with Gasteiger partial charge in [-0.25, -0.2) is 4.79 Å². The van der Waals surface area contributed by atoms with Gasteiger partial charge < -0.3 is 10.1 Å². The van der Waals surface area contributed by atoms with Crippen molar-refractivity contribution in [1.29, 1.82) is 0 Å². The van der Waals surface area contributed by atoms with Crippen molar-refractivity contribution in [1.82, 2.24) is 10.2 Å². The molecule has 0 bridgehead atoms. The van der Waals surface area contributed by atoms with Crippen LogP contribution in [0.1, 0.15) is 18.9 Å². The van der Waals surface area contributed by atoms with Gasteiger partial charge in [0.2, 0.25) is 0 Å². The predicted octanol–water partition coefficient (Wildman–Crippen LogP) is 2.52. The fourth-order valence-corrected chi connectivity index (χ4v) is 2.25. The van der Waals surface area contributed by atoms with Crippen molar-refractivity contribution >= 4 is 6.09 Å². The number of ether oxygens (including phenoxy) is 1. The van der Waals surface area contributed by atoms with Gasteiger partial charge in [-0.1, -0.05) is 35.9 Å². The topological polar surface area (TPSA) is 41.6 Å². The summed E-state index contributed by atoms with van der Waals surface area (Å²) in [5, 5.41) is 3.30. The van der Waals surface area contributed by atoms with E-state index in [0.29, 0.717) is 13.1 Å². The first-order chi connectivity index (χ1) is 9.22. The summed E-state index contributed by atoms with van der Waals surface area (Å²) in [4.78, 5) is 13.7. The van der Waals surface area contributed by atoms with E-state index in [1.807, 2.05) is 30.3 Å². The van der Waals surface area contributed by atoms with Crippen LogP contribution in [0, 0.1) is 0 Å². The molecule has 0 radical (unpaired) electrons. The summed E-state index contributed by atoms with van der Waals surface area (Å²) < 4.78 is 4.91. The summed E-state index contributed by atoms with van der Waals surface area (Å²) in [7, 11) is 1.42. The molecule has 0 atom stereocenters. The maximum Gasteiger partial charge on any atom is 0.414 e. The Balaban J connectivity index is 2.24. The fraction of sp³-hybridized carbons (Fsp3) is 0.400. The molecule has 1 heterocycles. The molecule has 0 aromatic heterocycles. The van der Waals surface area contributed by atoms with Crippen LogP contribution < -0.4 is 5.32 Å². The summed E-state index contributed by atoms with van der Waals surface area (Å²) in [5.41, 5.74) is 3.38. The van der Waals surface area contributed by atoms with Crippen molar-refractivity contribution in [3.05, 3.63) is 47.2 Å². The number of methoxy groups -OCH3 is 1. The predicted molar refractivity (Wildman–Crippen MR) is 74.6 cm³/mol. The lowest BCUT2D eigenvalue weighted by atomic mass is 10.1. The zero-order chi connectivity index (χ0) is 13.7. The van der Waals surface area contributed by atoms with Gasteiger partial charge in [0.25, 0.3) is 0 Å². The zero-order valence-electron chi connectivity index (χ0n) is 11.5. The van der Waals surface area contributed by atoms with E-state index in [0.717, 1.165) is 24.2 Å². The SMILES string of the molecule is COC(=O)N(Cc1ccccc1)C1=C(C)CCNC1. The molecule has 19 heavy (non-hydrogen) atoms. The molecule has 0 fully saturated rings. The first-order valence-electron chi connectivity index (χ1n) is 6.51. The summed E-state index contributed by atoms with van der Waals surface area (Å²) in [6.45, 7) is 4.31. The molecule has 1 aliphatic heterocycles. The molecule has 1 amide bonds. The Labute approximate surface area is 114 Å². The van der Waals surface area contributed by atoms with E-state index < -0.39 is 0 Å². The number of rotatable bonds is 3. The van der Waals surface area contributed by atoms with E-state index in [9.17, 15) is 4.79 Å².